The molecule has 0 aliphatic heterocycles. The minimum atomic E-state index is 0. The molecule has 2 N–H and O–H groups in total. The van der Waals surface area contributed by atoms with Crippen LogP contribution in [0.3, 0.4) is 0 Å². The predicted octanol–water partition coefficient (Wildman–Crippen LogP) is 1.49. The van der Waals surface area contributed by atoms with E-state index in [1.165, 1.54) is 6.42 Å². The van der Waals surface area contributed by atoms with Gasteiger partial charge in [0.1, 0.15) is 0 Å². The highest BCUT2D eigenvalue weighted by atomic mass is 35.5. The third-order valence-electron chi connectivity index (χ3n) is 1.90. The number of methoxy groups -OCH3 is 1. The molecule has 0 bridgehead atoms. The molecule has 0 saturated carbocycles. The summed E-state index contributed by atoms with van der Waals surface area (Å²) < 4.78 is 5.18. The Balaban J connectivity index is 0.000001000. The first-order valence-corrected chi connectivity index (χ1v) is 3.79. The number of nitrogens with two attached hydrogens (primary N) is 1. The molecular formula is C8H16ClNO. The van der Waals surface area contributed by atoms with Gasteiger partial charge in [-0.25, -0.2) is 0 Å². The van der Waals surface area contributed by atoms with Crippen molar-refractivity contribution in [1.29, 1.82) is 0 Å². The normalized spacial score (nSPS) is 30.7. The summed E-state index contributed by atoms with van der Waals surface area (Å²) in [5, 5.41) is 0. The highest BCUT2D eigenvalue weighted by molar-refractivity contribution is 5.85. The van der Waals surface area contributed by atoms with Crippen molar-refractivity contribution in [3.63, 3.8) is 0 Å². The van der Waals surface area contributed by atoms with Crippen molar-refractivity contribution in [2.24, 2.45) is 5.73 Å². The quantitative estimate of drug-likeness (QED) is 0.616. The van der Waals surface area contributed by atoms with Crippen LogP contribution in [0.15, 0.2) is 12.2 Å². The maximum absolute atomic E-state index is 5.71. The molecule has 1 rings (SSSR count). The van der Waals surface area contributed by atoms with E-state index in [1.54, 1.807) is 7.11 Å². The summed E-state index contributed by atoms with van der Waals surface area (Å²) in [6, 6.07) is 0.250. The molecule has 0 aromatic heterocycles. The molecular weight excluding hydrogens is 162 g/mol. The summed E-state index contributed by atoms with van der Waals surface area (Å²) in [6.45, 7) is 0. The van der Waals surface area contributed by atoms with Crippen molar-refractivity contribution in [2.75, 3.05) is 7.11 Å². The highest BCUT2D eigenvalue weighted by Crippen LogP contribution is 2.12. The largest absolute Gasteiger partial charge is 0.377 e. The number of hydrogen-bond donors (Lipinski definition) is 1. The fourth-order valence-electron chi connectivity index (χ4n) is 1.21. The second-order valence-corrected chi connectivity index (χ2v) is 2.75. The van der Waals surface area contributed by atoms with Crippen LogP contribution in [0, 0.1) is 0 Å². The van der Waals surface area contributed by atoms with Gasteiger partial charge in [-0.2, -0.15) is 0 Å². The third kappa shape index (κ3) is 3.75. The second kappa shape index (κ2) is 5.58. The molecule has 3 heteroatoms. The van der Waals surface area contributed by atoms with Gasteiger partial charge in [0.25, 0.3) is 0 Å². The SMILES string of the molecule is CO[C@H]1C=C[C@@H](N)CCC1.Cl. The van der Waals surface area contributed by atoms with Crippen molar-refractivity contribution in [2.45, 2.75) is 31.4 Å². The lowest BCUT2D eigenvalue weighted by Crippen LogP contribution is -2.14. The van der Waals surface area contributed by atoms with E-state index in [4.69, 9.17) is 10.5 Å². The van der Waals surface area contributed by atoms with Crippen LogP contribution < -0.4 is 5.73 Å². The molecule has 2 atom stereocenters. The van der Waals surface area contributed by atoms with Crippen LogP contribution >= 0.6 is 12.4 Å². The van der Waals surface area contributed by atoms with E-state index in [0.29, 0.717) is 6.10 Å². The zero-order valence-corrected chi connectivity index (χ0v) is 7.64. The predicted molar refractivity (Wildman–Crippen MR) is 49.0 cm³/mol. The summed E-state index contributed by atoms with van der Waals surface area (Å²) in [6.07, 6.45) is 7.79. The van der Waals surface area contributed by atoms with E-state index < -0.39 is 0 Å². The van der Waals surface area contributed by atoms with Gasteiger partial charge in [-0.05, 0) is 19.3 Å². The molecule has 0 radical (unpaired) electrons. The summed E-state index contributed by atoms with van der Waals surface area (Å²) in [4.78, 5) is 0. The van der Waals surface area contributed by atoms with Crippen molar-refractivity contribution in [1.82, 2.24) is 0 Å². The highest BCUT2D eigenvalue weighted by Gasteiger charge is 2.08. The maximum Gasteiger partial charge on any atom is 0.0752 e. The molecule has 66 valence electrons. The van der Waals surface area contributed by atoms with Crippen molar-refractivity contribution < 1.29 is 4.74 Å². The Kier molecular flexibility index (Phi) is 5.56. The Morgan fingerprint density at radius 1 is 1.36 bits per heavy atom. The van der Waals surface area contributed by atoms with Gasteiger partial charge in [0.2, 0.25) is 0 Å². The van der Waals surface area contributed by atoms with Gasteiger partial charge < -0.3 is 10.5 Å². The second-order valence-electron chi connectivity index (χ2n) is 2.75. The Morgan fingerprint density at radius 3 is 2.73 bits per heavy atom. The molecule has 0 saturated heterocycles. The standard InChI is InChI=1S/C8H15NO.ClH/c1-10-8-4-2-3-7(9)5-6-8;/h5-8H,2-4,9H2,1H3;1H/t7-,8+;/m0./s1. The maximum atomic E-state index is 5.71. The lowest BCUT2D eigenvalue weighted by atomic mass is 10.1. The Labute approximate surface area is 74.2 Å². The third-order valence-corrected chi connectivity index (χ3v) is 1.90. The first-order chi connectivity index (χ1) is 4.83. The molecule has 0 unspecified atom stereocenters. The van der Waals surface area contributed by atoms with E-state index in [-0.39, 0.29) is 18.4 Å². The molecule has 0 amide bonds. The average molecular weight is 178 g/mol. The van der Waals surface area contributed by atoms with E-state index >= 15 is 0 Å². The van der Waals surface area contributed by atoms with Crippen molar-refractivity contribution in [3.05, 3.63) is 12.2 Å². The minimum Gasteiger partial charge on any atom is -0.377 e. The van der Waals surface area contributed by atoms with Gasteiger partial charge in [0, 0.05) is 13.2 Å². The smallest absolute Gasteiger partial charge is 0.0752 e. The van der Waals surface area contributed by atoms with Crippen molar-refractivity contribution >= 4 is 12.4 Å². The van der Waals surface area contributed by atoms with Crippen LogP contribution in [0.4, 0.5) is 0 Å². The van der Waals surface area contributed by atoms with Gasteiger partial charge in [0.15, 0.2) is 0 Å². The minimum absolute atomic E-state index is 0. The molecule has 0 fully saturated rings. The van der Waals surface area contributed by atoms with E-state index in [2.05, 4.69) is 6.08 Å². The molecule has 0 heterocycles. The molecule has 0 spiro atoms. The fraction of sp³-hybridized carbons (Fsp3) is 0.750. The molecule has 11 heavy (non-hydrogen) atoms. The van der Waals surface area contributed by atoms with Gasteiger partial charge >= 0.3 is 0 Å². The average Bonchev–Trinajstić information content (AvgIpc) is 2.14. The Bertz CT molecular complexity index is 127. The number of rotatable bonds is 1. The van der Waals surface area contributed by atoms with Crippen LogP contribution in [0.25, 0.3) is 0 Å². The van der Waals surface area contributed by atoms with Gasteiger partial charge in [-0.1, -0.05) is 12.2 Å². The Morgan fingerprint density at radius 2 is 2.09 bits per heavy atom. The summed E-state index contributed by atoms with van der Waals surface area (Å²) in [7, 11) is 1.74. The van der Waals surface area contributed by atoms with E-state index in [0.717, 1.165) is 12.8 Å². The first-order valence-electron chi connectivity index (χ1n) is 3.79. The molecule has 1 aliphatic carbocycles. The summed E-state index contributed by atoms with van der Waals surface area (Å²) >= 11 is 0. The van der Waals surface area contributed by atoms with E-state index in [1.807, 2.05) is 6.08 Å². The van der Waals surface area contributed by atoms with Crippen molar-refractivity contribution in [3.8, 4) is 0 Å². The van der Waals surface area contributed by atoms with E-state index in [9.17, 15) is 0 Å². The number of ether oxygens (including phenoxy) is 1. The molecule has 1 aliphatic rings. The zero-order valence-electron chi connectivity index (χ0n) is 6.82. The van der Waals surface area contributed by atoms with Gasteiger partial charge in [-0.3, -0.25) is 0 Å². The molecule has 2 nitrogen and oxygen atoms in total. The van der Waals surface area contributed by atoms with Gasteiger partial charge in [-0.15, -0.1) is 12.4 Å². The first kappa shape index (κ1) is 11.0. The lowest BCUT2D eigenvalue weighted by Gasteiger charge is -2.06. The molecule has 0 aromatic carbocycles. The van der Waals surface area contributed by atoms with Crippen LogP contribution in [0.2, 0.25) is 0 Å². The van der Waals surface area contributed by atoms with Crippen LogP contribution in [-0.4, -0.2) is 19.3 Å². The lowest BCUT2D eigenvalue weighted by molar-refractivity contribution is 0.133. The fourth-order valence-corrected chi connectivity index (χ4v) is 1.21. The van der Waals surface area contributed by atoms with Gasteiger partial charge in [0.05, 0.1) is 6.10 Å². The monoisotopic (exact) mass is 177 g/mol. The topological polar surface area (TPSA) is 35.2 Å². The number of hydrogen-bond acceptors (Lipinski definition) is 2. The Hall–Kier alpha value is -0.0500. The summed E-state index contributed by atoms with van der Waals surface area (Å²) in [5.41, 5.74) is 5.71. The van der Waals surface area contributed by atoms with Crippen LogP contribution in [0.1, 0.15) is 19.3 Å². The number of halogens is 1. The molecule has 0 aromatic rings. The zero-order chi connectivity index (χ0) is 7.40. The van der Waals surface area contributed by atoms with Crippen LogP contribution in [-0.2, 0) is 4.74 Å². The van der Waals surface area contributed by atoms with Crippen LogP contribution in [0.5, 0.6) is 0 Å². The summed E-state index contributed by atoms with van der Waals surface area (Å²) in [5.74, 6) is 0.